The van der Waals surface area contributed by atoms with Crippen LogP contribution in [0.3, 0.4) is 0 Å². The highest BCUT2D eigenvalue weighted by molar-refractivity contribution is 5.25. The van der Waals surface area contributed by atoms with Gasteiger partial charge in [-0.2, -0.15) is 0 Å². The molecule has 0 aromatic carbocycles. The second-order valence-electron chi connectivity index (χ2n) is 4.22. The van der Waals surface area contributed by atoms with E-state index < -0.39 is 0 Å². The molecule has 0 saturated heterocycles. The van der Waals surface area contributed by atoms with Gasteiger partial charge in [0, 0.05) is 18.9 Å². The van der Waals surface area contributed by atoms with Crippen LogP contribution in [0.4, 0.5) is 5.95 Å². The van der Waals surface area contributed by atoms with Crippen molar-refractivity contribution in [1.82, 2.24) is 9.97 Å². The summed E-state index contributed by atoms with van der Waals surface area (Å²) in [6.45, 7) is 7.84. The zero-order valence-electron chi connectivity index (χ0n) is 9.70. The van der Waals surface area contributed by atoms with Crippen molar-refractivity contribution in [2.75, 3.05) is 18.4 Å². The first-order valence-electron chi connectivity index (χ1n) is 5.39. The molecule has 0 spiro atoms. The molecule has 0 aliphatic heterocycles. The van der Waals surface area contributed by atoms with Crippen molar-refractivity contribution >= 4 is 5.95 Å². The Morgan fingerprint density at radius 1 is 1.27 bits per heavy atom. The van der Waals surface area contributed by atoms with Gasteiger partial charge in [-0.15, -0.1) is 0 Å². The molecule has 0 amide bonds. The van der Waals surface area contributed by atoms with Crippen molar-refractivity contribution in [3.63, 3.8) is 0 Å². The fourth-order valence-corrected chi connectivity index (χ4v) is 1.08. The zero-order chi connectivity index (χ0) is 11.3. The molecule has 15 heavy (non-hydrogen) atoms. The van der Waals surface area contributed by atoms with Crippen LogP contribution in [0, 0.1) is 5.92 Å². The van der Waals surface area contributed by atoms with Crippen molar-refractivity contribution in [3.8, 4) is 0 Å². The van der Waals surface area contributed by atoms with Crippen molar-refractivity contribution in [1.29, 1.82) is 0 Å². The summed E-state index contributed by atoms with van der Waals surface area (Å²) in [5.74, 6) is 1.60. The monoisotopic (exact) mass is 208 g/mol. The Labute approximate surface area is 91.3 Å². The van der Waals surface area contributed by atoms with Gasteiger partial charge in [0.1, 0.15) is 0 Å². The lowest BCUT2D eigenvalue weighted by Gasteiger charge is -2.10. The Morgan fingerprint density at radius 2 is 1.87 bits per heavy atom. The molecule has 3 N–H and O–H groups in total. The summed E-state index contributed by atoms with van der Waals surface area (Å²) in [5, 5.41) is 3.16. The van der Waals surface area contributed by atoms with Crippen LogP contribution in [0.15, 0.2) is 12.4 Å². The van der Waals surface area contributed by atoms with Crippen LogP contribution in [0.5, 0.6) is 0 Å². The molecule has 84 valence electrons. The summed E-state index contributed by atoms with van der Waals surface area (Å²) in [4.78, 5) is 8.49. The molecule has 0 aliphatic carbocycles. The van der Waals surface area contributed by atoms with Crippen LogP contribution in [0.1, 0.15) is 32.3 Å². The van der Waals surface area contributed by atoms with E-state index in [1.165, 1.54) is 0 Å². The summed E-state index contributed by atoms with van der Waals surface area (Å²) in [5.41, 5.74) is 6.68. The van der Waals surface area contributed by atoms with E-state index in [9.17, 15) is 0 Å². The van der Waals surface area contributed by atoms with E-state index in [2.05, 4.69) is 36.1 Å². The molecule has 0 radical (unpaired) electrons. The lowest BCUT2D eigenvalue weighted by Crippen LogP contribution is -2.20. The van der Waals surface area contributed by atoms with E-state index >= 15 is 0 Å². The third kappa shape index (κ3) is 3.83. The molecule has 1 aromatic heterocycles. The van der Waals surface area contributed by atoms with Gasteiger partial charge in [-0.05, 0) is 23.9 Å². The van der Waals surface area contributed by atoms with Crippen LogP contribution < -0.4 is 11.1 Å². The SMILES string of the molecule is CC(CN)CNc1ncc(C(C)C)cn1. The van der Waals surface area contributed by atoms with E-state index in [4.69, 9.17) is 5.73 Å². The lowest BCUT2D eigenvalue weighted by atomic mass is 10.1. The maximum absolute atomic E-state index is 5.52. The summed E-state index contributed by atoms with van der Waals surface area (Å²) in [6.07, 6.45) is 3.74. The van der Waals surface area contributed by atoms with Gasteiger partial charge in [-0.3, -0.25) is 0 Å². The van der Waals surface area contributed by atoms with E-state index in [0.717, 1.165) is 12.1 Å². The third-order valence-corrected chi connectivity index (χ3v) is 2.35. The molecular weight excluding hydrogens is 188 g/mol. The summed E-state index contributed by atoms with van der Waals surface area (Å²) >= 11 is 0. The van der Waals surface area contributed by atoms with Gasteiger partial charge in [-0.1, -0.05) is 20.8 Å². The van der Waals surface area contributed by atoms with Gasteiger partial charge < -0.3 is 11.1 Å². The topological polar surface area (TPSA) is 63.8 Å². The Balaban J connectivity index is 2.50. The number of hydrogen-bond donors (Lipinski definition) is 2. The third-order valence-electron chi connectivity index (χ3n) is 2.35. The summed E-state index contributed by atoms with van der Waals surface area (Å²) < 4.78 is 0. The molecule has 1 aromatic rings. The van der Waals surface area contributed by atoms with E-state index in [1.54, 1.807) is 0 Å². The van der Waals surface area contributed by atoms with Crippen LogP contribution in [-0.4, -0.2) is 23.1 Å². The molecule has 1 rings (SSSR count). The first kappa shape index (κ1) is 11.9. The van der Waals surface area contributed by atoms with Gasteiger partial charge in [0.25, 0.3) is 0 Å². The van der Waals surface area contributed by atoms with Crippen LogP contribution in [0.25, 0.3) is 0 Å². The number of rotatable bonds is 5. The van der Waals surface area contributed by atoms with Gasteiger partial charge in [0.05, 0.1) is 0 Å². The highest BCUT2D eigenvalue weighted by Crippen LogP contribution is 2.12. The van der Waals surface area contributed by atoms with Crippen LogP contribution >= 0.6 is 0 Å². The van der Waals surface area contributed by atoms with Gasteiger partial charge in [0.15, 0.2) is 0 Å². The number of aromatic nitrogens is 2. The number of nitrogens with zero attached hydrogens (tertiary/aromatic N) is 2. The minimum atomic E-state index is 0.443. The van der Waals surface area contributed by atoms with Crippen molar-refractivity contribution in [2.24, 2.45) is 11.7 Å². The number of nitrogens with one attached hydrogen (secondary N) is 1. The van der Waals surface area contributed by atoms with Crippen LogP contribution in [0.2, 0.25) is 0 Å². The van der Waals surface area contributed by atoms with Gasteiger partial charge in [-0.25, -0.2) is 9.97 Å². The first-order chi connectivity index (χ1) is 7.13. The van der Waals surface area contributed by atoms with Crippen LogP contribution in [-0.2, 0) is 0 Å². The fraction of sp³-hybridized carbons (Fsp3) is 0.636. The molecule has 1 heterocycles. The molecule has 0 fully saturated rings. The highest BCUT2D eigenvalue weighted by Gasteiger charge is 2.02. The fourth-order valence-electron chi connectivity index (χ4n) is 1.08. The predicted octanol–water partition coefficient (Wildman–Crippen LogP) is 1.61. The van der Waals surface area contributed by atoms with Crippen molar-refractivity contribution in [2.45, 2.75) is 26.7 Å². The average molecular weight is 208 g/mol. The number of nitrogens with two attached hydrogens (primary N) is 1. The summed E-state index contributed by atoms with van der Waals surface area (Å²) in [6, 6.07) is 0. The molecule has 1 atom stereocenters. The molecule has 0 bridgehead atoms. The van der Waals surface area contributed by atoms with Gasteiger partial charge >= 0.3 is 0 Å². The number of anilines is 1. The zero-order valence-corrected chi connectivity index (χ0v) is 9.70. The largest absolute Gasteiger partial charge is 0.354 e. The standard InChI is InChI=1S/C11H20N4/c1-8(2)10-6-14-11(15-7-10)13-5-9(3)4-12/h6-9H,4-5,12H2,1-3H3,(H,13,14,15). The predicted molar refractivity (Wildman–Crippen MR) is 62.8 cm³/mol. The maximum atomic E-state index is 5.52. The summed E-state index contributed by atoms with van der Waals surface area (Å²) in [7, 11) is 0. The Morgan fingerprint density at radius 3 is 2.33 bits per heavy atom. The normalized spacial score (nSPS) is 12.9. The smallest absolute Gasteiger partial charge is 0.222 e. The minimum absolute atomic E-state index is 0.443. The Bertz CT molecular complexity index is 281. The van der Waals surface area contributed by atoms with Crippen molar-refractivity contribution < 1.29 is 0 Å². The van der Waals surface area contributed by atoms with E-state index in [0.29, 0.717) is 24.3 Å². The molecule has 0 aliphatic rings. The molecule has 4 heteroatoms. The van der Waals surface area contributed by atoms with Crippen molar-refractivity contribution in [3.05, 3.63) is 18.0 Å². The van der Waals surface area contributed by atoms with Gasteiger partial charge in [0.2, 0.25) is 5.95 Å². The maximum Gasteiger partial charge on any atom is 0.222 e. The molecular formula is C11H20N4. The second kappa shape index (κ2) is 5.66. The Hall–Kier alpha value is -1.16. The minimum Gasteiger partial charge on any atom is -0.354 e. The van der Waals surface area contributed by atoms with E-state index in [1.807, 2.05) is 12.4 Å². The Kier molecular flexibility index (Phi) is 4.49. The second-order valence-corrected chi connectivity index (χ2v) is 4.22. The van der Waals surface area contributed by atoms with E-state index in [-0.39, 0.29) is 0 Å². The molecule has 1 unspecified atom stereocenters. The number of hydrogen-bond acceptors (Lipinski definition) is 4. The first-order valence-corrected chi connectivity index (χ1v) is 5.39. The average Bonchev–Trinajstić information content (AvgIpc) is 2.26. The molecule has 0 saturated carbocycles. The quantitative estimate of drug-likeness (QED) is 0.771. The lowest BCUT2D eigenvalue weighted by molar-refractivity contribution is 0.625. The highest BCUT2D eigenvalue weighted by atomic mass is 15.1. The molecule has 4 nitrogen and oxygen atoms in total.